The van der Waals surface area contributed by atoms with E-state index in [1.807, 2.05) is 13.0 Å². The molecule has 9 heteroatoms. The Balaban J connectivity index is 1.38. The summed E-state index contributed by atoms with van der Waals surface area (Å²) in [6.07, 6.45) is 0. The van der Waals surface area contributed by atoms with Gasteiger partial charge in [-0.25, -0.2) is 9.48 Å². The average molecular weight is 405 g/mol. The molecule has 0 fully saturated rings. The normalized spacial score (nSPS) is 10.9. The first kappa shape index (κ1) is 19.4. The van der Waals surface area contributed by atoms with Gasteiger partial charge in [0.2, 0.25) is 0 Å². The number of benzene rings is 1. The Kier molecular flexibility index (Phi) is 6.83. The number of hydrogen-bond acceptors (Lipinski definition) is 7. The van der Waals surface area contributed by atoms with E-state index >= 15 is 0 Å². The molecule has 0 spiro atoms. The molecule has 2 heterocycles. The maximum atomic E-state index is 12.1. The number of amides is 1. The van der Waals surface area contributed by atoms with Crippen molar-refractivity contribution in [3.05, 3.63) is 46.2 Å². The monoisotopic (exact) mass is 404 g/mol. The fourth-order valence-electron chi connectivity index (χ4n) is 2.43. The van der Waals surface area contributed by atoms with E-state index in [2.05, 4.69) is 27.1 Å². The predicted octanol–water partition coefficient (Wildman–Crippen LogP) is 2.72. The quantitative estimate of drug-likeness (QED) is 0.436. The summed E-state index contributed by atoms with van der Waals surface area (Å²) in [7, 11) is 0. The second kappa shape index (κ2) is 9.52. The zero-order valence-electron chi connectivity index (χ0n) is 14.9. The molecule has 3 aromatic rings. The molecule has 0 unspecified atom stereocenters. The Labute approximate surface area is 165 Å². The molecule has 0 atom stereocenters. The molecule has 27 heavy (non-hydrogen) atoms. The van der Waals surface area contributed by atoms with Crippen molar-refractivity contribution in [2.45, 2.75) is 19.2 Å². The van der Waals surface area contributed by atoms with Gasteiger partial charge in [-0.1, -0.05) is 11.3 Å². The van der Waals surface area contributed by atoms with Crippen LogP contribution in [0.1, 0.15) is 22.2 Å². The van der Waals surface area contributed by atoms with E-state index in [0.29, 0.717) is 24.2 Å². The number of rotatable bonds is 9. The van der Waals surface area contributed by atoms with Gasteiger partial charge in [0.05, 0.1) is 11.1 Å². The Morgan fingerprint density at radius 1 is 1.33 bits per heavy atom. The van der Waals surface area contributed by atoms with Gasteiger partial charge in [-0.15, -0.1) is 16.4 Å². The summed E-state index contributed by atoms with van der Waals surface area (Å²) >= 11 is 3.48. The second-order valence-electron chi connectivity index (χ2n) is 5.67. The van der Waals surface area contributed by atoms with Crippen LogP contribution in [0.4, 0.5) is 0 Å². The van der Waals surface area contributed by atoms with Gasteiger partial charge < -0.3 is 10.1 Å². The molecule has 0 aliphatic heterocycles. The summed E-state index contributed by atoms with van der Waals surface area (Å²) in [6, 6.07) is 9.17. The highest BCUT2D eigenvalue weighted by molar-refractivity contribution is 7.98. The lowest BCUT2D eigenvalue weighted by molar-refractivity contribution is -0.124. The number of aromatic nitrogens is 3. The summed E-state index contributed by atoms with van der Waals surface area (Å²) in [4.78, 5) is 25.2. The number of thiophene rings is 1. The molecule has 0 aliphatic rings. The smallest absolute Gasteiger partial charge is 0.338 e. The topological polar surface area (TPSA) is 86.1 Å². The molecule has 2 aromatic heterocycles. The molecule has 7 nitrogen and oxygen atoms in total. The second-order valence-corrected chi connectivity index (χ2v) is 7.80. The van der Waals surface area contributed by atoms with Crippen molar-refractivity contribution in [3.63, 3.8) is 0 Å². The van der Waals surface area contributed by atoms with E-state index in [1.54, 1.807) is 46.0 Å². The van der Waals surface area contributed by atoms with Crippen LogP contribution in [0.2, 0.25) is 0 Å². The minimum Gasteiger partial charge on any atom is -0.452 e. The van der Waals surface area contributed by atoms with Gasteiger partial charge in [-0.05, 0) is 36.6 Å². The number of esters is 1. The molecular weight excluding hydrogens is 384 g/mol. The molecule has 0 aliphatic carbocycles. The molecule has 0 saturated heterocycles. The Bertz CT molecular complexity index is 909. The molecule has 3 rings (SSSR count). The highest BCUT2D eigenvalue weighted by Crippen LogP contribution is 2.16. The third kappa shape index (κ3) is 5.30. The zero-order chi connectivity index (χ0) is 19.1. The van der Waals surface area contributed by atoms with E-state index in [0.717, 1.165) is 17.0 Å². The summed E-state index contributed by atoms with van der Waals surface area (Å²) in [5, 5.41) is 12.8. The van der Waals surface area contributed by atoms with E-state index in [1.165, 1.54) is 4.88 Å². The maximum Gasteiger partial charge on any atom is 0.338 e. The van der Waals surface area contributed by atoms with E-state index in [9.17, 15) is 9.59 Å². The molecule has 1 aromatic carbocycles. The number of carbonyl (C=O) groups excluding carboxylic acids is 2. The highest BCUT2D eigenvalue weighted by atomic mass is 32.2. The van der Waals surface area contributed by atoms with Crippen LogP contribution in [0.5, 0.6) is 0 Å². The number of carbonyl (C=O) groups is 2. The molecule has 1 N–H and O–H groups in total. The number of fused-ring (bicyclic) bond motifs is 1. The lowest BCUT2D eigenvalue weighted by Crippen LogP contribution is -2.30. The Morgan fingerprint density at radius 2 is 2.22 bits per heavy atom. The van der Waals surface area contributed by atoms with Gasteiger partial charge >= 0.3 is 5.97 Å². The van der Waals surface area contributed by atoms with Crippen molar-refractivity contribution >= 4 is 46.0 Å². The SMILES string of the molecule is CCn1nnc2cc(C(=O)OCC(=O)NCCSCc3cccs3)ccc21. The van der Waals surface area contributed by atoms with Crippen LogP contribution in [0, 0.1) is 0 Å². The van der Waals surface area contributed by atoms with Crippen molar-refractivity contribution in [3.8, 4) is 0 Å². The van der Waals surface area contributed by atoms with E-state index in [-0.39, 0.29) is 12.5 Å². The molecule has 0 saturated carbocycles. The van der Waals surface area contributed by atoms with Gasteiger partial charge in [-0.3, -0.25) is 4.79 Å². The van der Waals surface area contributed by atoms with Crippen molar-refractivity contribution in [1.82, 2.24) is 20.3 Å². The van der Waals surface area contributed by atoms with Crippen molar-refractivity contribution in [2.75, 3.05) is 18.9 Å². The van der Waals surface area contributed by atoms with Crippen LogP contribution in [0.3, 0.4) is 0 Å². The number of ether oxygens (including phenoxy) is 1. The number of nitrogens with zero attached hydrogens (tertiary/aromatic N) is 3. The first-order valence-electron chi connectivity index (χ1n) is 8.54. The lowest BCUT2D eigenvalue weighted by Gasteiger charge is -2.06. The largest absolute Gasteiger partial charge is 0.452 e. The number of nitrogens with one attached hydrogen (secondary N) is 1. The van der Waals surface area contributed by atoms with Crippen LogP contribution in [-0.2, 0) is 21.8 Å². The number of thioether (sulfide) groups is 1. The molecule has 0 radical (unpaired) electrons. The van der Waals surface area contributed by atoms with Crippen molar-refractivity contribution < 1.29 is 14.3 Å². The van der Waals surface area contributed by atoms with Crippen LogP contribution >= 0.6 is 23.1 Å². The third-order valence-electron chi connectivity index (χ3n) is 3.78. The minimum atomic E-state index is -0.551. The fourth-order valence-corrected chi connectivity index (χ4v) is 4.13. The van der Waals surface area contributed by atoms with E-state index < -0.39 is 5.97 Å². The minimum absolute atomic E-state index is 0.298. The van der Waals surface area contributed by atoms with Gasteiger partial charge in [0.1, 0.15) is 5.52 Å². The number of hydrogen-bond donors (Lipinski definition) is 1. The first-order valence-corrected chi connectivity index (χ1v) is 10.6. The van der Waals surface area contributed by atoms with Crippen molar-refractivity contribution in [1.29, 1.82) is 0 Å². The Hall–Kier alpha value is -2.39. The van der Waals surface area contributed by atoms with Gasteiger partial charge in [0, 0.05) is 29.5 Å². The Morgan fingerprint density at radius 3 is 3.00 bits per heavy atom. The summed E-state index contributed by atoms with van der Waals surface area (Å²) in [5.41, 5.74) is 1.83. The van der Waals surface area contributed by atoms with Crippen LogP contribution in [0.25, 0.3) is 11.0 Å². The number of aryl methyl sites for hydroxylation is 1. The first-order chi connectivity index (χ1) is 13.2. The summed E-state index contributed by atoms with van der Waals surface area (Å²) < 4.78 is 6.82. The van der Waals surface area contributed by atoms with Gasteiger partial charge in [0.25, 0.3) is 5.91 Å². The van der Waals surface area contributed by atoms with Crippen LogP contribution < -0.4 is 5.32 Å². The van der Waals surface area contributed by atoms with E-state index in [4.69, 9.17) is 4.74 Å². The predicted molar refractivity (Wildman–Crippen MR) is 107 cm³/mol. The molecule has 1 amide bonds. The molecular formula is C18H20N4O3S2. The zero-order valence-corrected chi connectivity index (χ0v) is 16.5. The third-order valence-corrected chi connectivity index (χ3v) is 5.84. The highest BCUT2D eigenvalue weighted by Gasteiger charge is 2.12. The van der Waals surface area contributed by atoms with Gasteiger partial charge in [-0.2, -0.15) is 11.8 Å². The average Bonchev–Trinajstić information content (AvgIpc) is 3.34. The summed E-state index contributed by atoms with van der Waals surface area (Å²) in [6.45, 7) is 2.91. The van der Waals surface area contributed by atoms with Crippen LogP contribution in [0.15, 0.2) is 35.7 Å². The summed E-state index contributed by atoms with van der Waals surface area (Å²) in [5.74, 6) is 0.887. The van der Waals surface area contributed by atoms with Gasteiger partial charge in [0.15, 0.2) is 6.61 Å². The molecule has 142 valence electrons. The van der Waals surface area contributed by atoms with Crippen molar-refractivity contribution in [2.24, 2.45) is 0 Å². The van der Waals surface area contributed by atoms with Crippen LogP contribution in [-0.4, -0.2) is 45.8 Å². The lowest BCUT2D eigenvalue weighted by atomic mass is 10.2. The maximum absolute atomic E-state index is 12.1. The fraction of sp³-hybridized carbons (Fsp3) is 0.333. The standard InChI is InChI=1S/C18H20N4O3S2/c1-2-22-16-6-5-13(10-15(16)20-21-22)18(24)25-11-17(23)19-7-9-26-12-14-4-3-8-27-14/h3-6,8,10H,2,7,9,11-12H2,1H3,(H,19,23). The molecule has 0 bridgehead atoms.